The van der Waals surface area contributed by atoms with Crippen LogP contribution in [0.1, 0.15) is 57.9 Å². The van der Waals surface area contributed by atoms with Crippen LogP contribution in [-0.4, -0.2) is 19.6 Å². The van der Waals surface area contributed by atoms with E-state index < -0.39 is 0 Å². The fourth-order valence-electron chi connectivity index (χ4n) is 2.93. The summed E-state index contributed by atoms with van der Waals surface area (Å²) in [6.07, 6.45) is 3.52. The molecule has 1 aliphatic rings. The van der Waals surface area contributed by atoms with Crippen molar-refractivity contribution in [1.29, 1.82) is 0 Å². The molecule has 1 heterocycles. The number of hydrogen-bond donors (Lipinski definition) is 1. The van der Waals surface area contributed by atoms with Gasteiger partial charge in [0, 0.05) is 6.04 Å². The van der Waals surface area contributed by atoms with Crippen molar-refractivity contribution >= 4 is 5.97 Å². The van der Waals surface area contributed by atoms with Gasteiger partial charge in [0.1, 0.15) is 0 Å². The minimum Gasteiger partial charge on any atom is -0.465 e. The summed E-state index contributed by atoms with van der Waals surface area (Å²) < 4.78 is 4.95. The van der Waals surface area contributed by atoms with Crippen molar-refractivity contribution in [3.8, 4) is 0 Å². The van der Waals surface area contributed by atoms with Crippen molar-refractivity contribution < 1.29 is 9.53 Å². The number of piperidine rings is 1. The number of rotatable bonds is 2. The maximum absolute atomic E-state index is 12.0. The number of esters is 1. The van der Waals surface area contributed by atoms with Crippen molar-refractivity contribution in [2.24, 2.45) is 0 Å². The number of benzene rings is 1. The quantitative estimate of drug-likeness (QED) is 0.831. The average Bonchev–Trinajstić information content (AvgIpc) is 2.44. The van der Waals surface area contributed by atoms with E-state index in [4.69, 9.17) is 4.74 Å². The third kappa shape index (κ3) is 2.66. The summed E-state index contributed by atoms with van der Waals surface area (Å²) in [6, 6.07) is 2.25. The SMILES string of the molecule is COC(=O)c1cc(C)c(C)c(C)c1C1CCCCN1. The molecule has 3 heteroatoms. The normalized spacial score (nSPS) is 19.3. The first-order valence-corrected chi connectivity index (χ1v) is 6.98. The molecule has 1 unspecified atom stereocenters. The Morgan fingerprint density at radius 3 is 2.58 bits per heavy atom. The van der Waals surface area contributed by atoms with Gasteiger partial charge in [0.15, 0.2) is 0 Å². The molecule has 0 spiro atoms. The first-order chi connectivity index (χ1) is 9.06. The van der Waals surface area contributed by atoms with Crippen molar-refractivity contribution in [2.45, 2.75) is 46.1 Å². The third-order valence-corrected chi connectivity index (χ3v) is 4.27. The Morgan fingerprint density at radius 1 is 1.26 bits per heavy atom. The molecular formula is C16H23NO2. The maximum atomic E-state index is 12.0. The lowest BCUT2D eigenvalue weighted by Gasteiger charge is -2.28. The van der Waals surface area contributed by atoms with Gasteiger partial charge < -0.3 is 10.1 Å². The number of nitrogens with one attached hydrogen (secondary N) is 1. The highest BCUT2D eigenvalue weighted by Gasteiger charge is 2.24. The zero-order valence-corrected chi connectivity index (χ0v) is 12.3. The third-order valence-electron chi connectivity index (χ3n) is 4.27. The summed E-state index contributed by atoms with van der Waals surface area (Å²) >= 11 is 0. The van der Waals surface area contributed by atoms with Crippen LogP contribution in [0.3, 0.4) is 0 Å². The topological polar surface area (TPSA) is 38.3 Å². The van der Waals surface area contributed by atoms with Crippen LogP contribution in [0.5, 0.6) is 0 Å². The van der Waals surface area contributed by atoms with Gasteiger partial charge in [-0.15, -0.1) is 0 Å². The molecule has 1 saturated heterocycles. The Kier molecular flexibility index (Phi) is 4.25. The Morgan fingerprint density at radius 2 is 2.00 bits per heavy atom. The van der Waals surface area contributed by atoms with Crippen LogP contribution in [0, 0.1) is 20.8 Å². The molecule has 2 rings (SSSR count). The lowest BCUT2D eigenvalue weighted by Crippen LogP contribution is -2.29. The monoisotopic (exact) mass is 261 g/mol. The molecular weight excluding hydrogens is 238 g/mol. The lowest BCUT2D eigenvalue weighted by atomic mass is 9.86. The molecule has 0 saturated carbocycles. The standard InChI is InChI=1S/C16H23NO2/c1-10-9-13(16(18)19-4)15(12(3)11(10)2)14-7-5-6-8-17-14/h9,14,17H,5-8H2,1-4H3. The number of ether oxygens (including phenoxy) is 1. The fourth-order valence-corrected chi connectivity index (χ4v) is 2.93. The first-order valence-electron chi connectivity index (χ1n) is 6.98. The van der Waals surface area contributed by atoms with E-state index in [1.165, 1.54) is 31.1 Å². The van der Waals surface area contributed by atoms with Crippen LogP contribution < -0.4 is 5.32 Å². The zero-order chi connectivity index (χ0) is 14.0. The molecule has 3 nitrogen and oxygen atoms in total. The molecule has 0 aromatic heterocycles. The summed E-state index contributed by atoms with van der Waals surface area (Å²) in [7, 11) is 1.45. The predicted molar refractivity (Wildman–Crippen MR) is 76.6 cm³/mol. The van der Waals surface area contributed by atoms with Gasteiger partial charge in [-0.3, -0.25) is 0 Å². The van der Waals surface area contributed by atoms with E-state index in [0.717, 1.165) is 29.7 Å². The van der Waals surface area contributed by atoms with Crippen LogP contribution in [0.25, 0.3) is 0 Å². The number of aryl methyl sites for hydroxylation is 1. The van der Waals surface area contributed by atoms with E-state index in [9.17, 15) is 4.79 Å². The second kappa shape index (κ2) is 5.74. The molecule has 1 fully saturated rings. The van der Waals surface area contributed by atoms with E-state index in [1.54, 1.807) is 0 Å². The Bertz CT molecular complexity index is 488. The van der Waals surface area contributed by atoms with Gasteiger partial charge in [-0.2, -0.15) is 0 Å². The highest BCUT2D eigenvalue weighted by molar-refractivity contribution is 5.92. The fraction of sp³-hybridized carbons (Fsp3) is 0.562. The molecule has 0 bridgehead atoms. The molecule has 0 amide bonds. The van der Waals surface area contributed by atoms with Crippen LogP contribution in [-0.2, 0) is 4.74 Å². The van der Waals surface area contributed by atoms with Crippen molar-refractivity contribution in [2.75, 3.05) is 13.7 Å². The van der Waals surface area contributed by atoms with E-state index in [0.29, 0.717) is 0 Å². The highest BCUT2D eigenvalue weighted by atomic mass is 16.5. The summed E-state index contributed by atoms with van der Waals surface area (Å²) in [4.78, 5) is 12.0. The van der Waals surface area contributed by atoms with E-state index in [-0.39, 0.29) is 12.0 Å². The Balaban J connectivity index is 2.54. The van der Waals surface area contributed by atoms with Gasteiger partial charge in [0.2, 0.25) is 0 Å². The van der Waals surface area contributed by atoms with Crippen molar-refractivity contribution in [1.82, 2.24) is 5.32 Å². The van der Waals surface area contributed by atoms with Gasteiger partial charge >= 0.3 is 5.97 Å². The van der Waals surface area contributed by atoms with Gasteiger partial charge in [-0.05, 0) is 68.5 Å². The zero-order valence-electron chi connectivity index (χ0n) is 12.3. The highest BCUT2D eigenvalue weighted by Crippen LogP contribution is 2.32. The summed E-state index contributed by atoms with van der Waals surface area (Å²) in [5.41, 5.74) is 5.50. The van der Waals surface area contributed by atoms with Gasteiger partial charge in [-0.25, -0.2) is 4.79 Å². The molecule has 1 aromatic carbocycles. The molecule has 19 heavy (non-hydrogen) atoms. The first kappa shape index (κ1) is 14.1. The number of carbonyl (C=O) groups excluding carboxylic acids is 1. The minimum absolute atomic E-state index is 0.228. The van der Waals surface area contributed by atoms with Gasteiger partial charge in [0.05, 0.1) is 12.7 Å². The maximum Gasteiger partial charge on any atom is 0.338 e. The van der Waals surface area contributed by atoms with E-state index >= 15 is 0 Å². The molecule has 1 atom stereocenters. The lowest BCUT2D eigenvalue weighted by molar-refractivity contribution is 0.0598. The van der Waals surface area contributed by atoms with Gasteiger partial charge in [0.25, 0.3) is 0 Å². The van der Waals surface area contributed by atoms with Crippen LogP contribution in [0.2, 0.25) is 0 Å². The molecule has 1 N–H and O–H groups in total. The van der Waals surface area contributed by atoms with Crippen LogP contribution >= 0.6 is 0 Å². The van der Waals surface area contributed by atoms with E-state index in [2.05, 4.69) is 19.2 Å². The van der Waals surface area contributed by atoms with Crippen molar-refractivity contribution in [3.05, 3.63) is 33.9 Å². The van der Waals surface area contributed by atoms with Crippen molar-refractivity contribution in [3.63, 3.8) is 0 Å². The number of carbonyl (C=O) groups is 1. The summed E-state index contributed by atoms with van der Waals surface area (Å²) in [5.74, 6) is -0.228. The predicted octanol–water partition coefficient (Wildman–Crippen LogP) is 3.21. The van der Waals surface area contributed by atoms with E-state index in [1.807, 2.05) is 13.0 Å². The summed E-state index contributed by atoms with van der Waals surface area (Å²) in [6.45, 7) is 7.31. The van der Waals surface area contributed by atoms with Crippen LogP contribution in [0.15, 0.2) is 6.07 Å². The molecule has 1 aliphatic heterocycles. The second-order valence-corrected chi connectivity index (χ2v) is 5.40. The van der Waals surface area contributed by atoms with Gasteiger partial charge in [-0.1, -0.05) is 6.42 Å². The smallest absolute Gasteiger partial charge is 0.338 e. The molecule has 0 radical (unpaired) electrons. The van der Waals surface area contributed by atoms with Crippen LogP contribution in [0.4, 0.5) is 0 Å². The summed E-state index contributed by atoms with van der Waals surface area (Å²) in [5, 5.41) is 3.53. The Hall–Kier alpha value is -1.35. The molecule has 0 aliphatic carbocycles. The minimum atomic E-state index is -0.228. The number of methoxy groups -OCH3 is 1. The average molecular weight is 261 g/mol. The molecule has 104 valence electrons. The second-order valence-electron chi connectivity index (χ2n) is 5.40. The largest absolute Gasteiger partial charge is 0.465 e. The molecule has 1 aromatic rings. The Labute approximate surface area is 115 Å². The number of hydrogen-bond acceptors (Lipinski definition) is 3.